The van der Waals surface area contributed by atoms with Gasteiger partial charge in [0, 0.05) is 12.1 Å². The van der Waals surface area contributed by atoms with Gasteiger partial charge < -0.3 is 14.8 Å². The zero-order chi connectivity index (χ0) is 17.7. The molecule has 1 aliphatic rings. The summed E-state index contributed by atoms with van der Waals surface area (Å²) in [6, 6.07) is 0.132. The van der Waals surface area contributed by atoms with Gasteiger partial charge in [-0.15, -0.1) is 0 Å². The fraction of sp³-hybridized carbons (Fsp3) is 0.875. The predicted octanol–water partition coefficient (Wildman–Crippen LogP) is 2.85. The van der Waals surface area contributed by atoms with E-state index in [9.17, 15) is 9.59 Å². The van der Waals surface area contributed by atoms with Gasteiger partial charge >= 0.3 is 12.2 Å². The number of carbonyl (C=O) groups is 2. The molecule has 1 aliphatic carbocycles. The zero-order valence-electron chi connectivity index (χ0n) is 15.1. The molecule has 1 rings (SSSR count). The summed E-state index contributed by atoms with van der Waals surface area (Å²) < 4.78 is 10.4. The largest absolute Gasteiger partial charge is 0.444 e. The number of hydrogen-bond acceptors (Lipinski definition) is 5. The van der Waals surface area contributed by atoms with Crippen LogP contribution in [0.3, 0.4) is 0 Å². The van der Waals surface area contributed by atoms with E-state index in [0.29, 0.717) is 0 Å². The van der Waals surface area contributed by atoms with Crippen LogP contribution in [-0.4, -0.2) is 35.5 Å². The molecule has 7 heteroatoms. The minimum Gasteiger partial charge on any atom is -0.444 e. The molecule has 2 atom stereocenters. The van der Waals surface area contributed by atoms with Gasteiger partial charge in [0.1, 0.15) is 11.2 Å². The molecule has 1 fully saturated rings. The first-order chi connectivity index (χ1) is 10.4. The minimum absolute atomic E-state index is 0.0385. The molecule has 134 valence electrons. The van der Waals surface area contributed by atoms with Crippen molar-refractivity contribution in [1.29, 1.82) is 0 Å². The Kier molecular flexibility index (Phi) is 6.68. The van der Waals surface area contributed by atoms with Crippen LogP contribution in [0.5, 0.6) is 0 Å². The maximum Gasteiger partial charge on any atom is 0.422 e. The van der Waals surface area contributed by atoms with E-state index in [2.05, 4.69) is 16.2 Å². The number of nitrogens with one attached hydrogen (secondary N) is 3. The van der Waals surface area contributed by atoms with Crippen LogP contribution in [0, 0.1) is 0 Å². The Morgan fingerprint density at radius 3 is 1.96 bits per heavy atom. The van der Waals surface area contributed by atoms with Crippen molar-refractivity contribution in [3.63, 3.8) is 0 Å². The standard InChI is InChI=1S/C16H31N3O4/c1-15(2,3)22-13(20)17-11-8-7-9-12(10-11)18-19-14(21)23-16(4,5)6/h11-12,18H,7-10H2,1-6H3,(H,17,20)(H,19,21)/t11-,12?/m1/s1. The highest BCUT2D eigenvalue weighted by Gasteiger charge is 2.26. The van der Waals surface area contributed by atoms with Crippen molar-refractivity contribution >= 4 is 12.2 Å². The van der Waals surface area contributed by atoms with E-state index < -0.39 is 23.4 Å². The Hall–Kier alpha value is -1.50. The first-order valence-corrected chi connectivity index (χ1v) is 8.19. The molecular weight excluding hydrogens is 298 g/mol. The Bertz CT molecular complexity index is 413. The Morgan fingerprint density at radius 1 is 0.870 bits per heavy atom. The monoisotopic (exact) mass is 329 g/mol. The molecule has 2 amide bonds. The number of amides is 2. The van der Waals surface area contributed by atoms with Gasteiger partial charge in [-0.25, -0.2) is 15.0 Å². The lowest BCUT2D eigenvalue weighted by atomic mass is 9.91. The molecule has 0 aromatic carbocycles. The van der Waals surface area contributed by atoms with Crippen LogP contribution in [0.4, 0.5) is 9.59 Å². The van der Waals surface area contributed by atoms with Crippen molar-refractivity contribution in [3.8, 4) is 0 Å². The predicted molar refractivity (Wildman–Crippen MR) is 87.9 cm³/mol. The summed E-state index contributed by atoms with van der Waals surface area (Å²) in [5, 5.41) is 2.89. The van der Waals surface area contributed by atoms with E-state index >= 15 is 0 Å². The summed E-state index contributed by atoms with van der Waals surface area (Å²) in [4.78, 5) is 23.4. The summed E-state index contributed by atoms with van der Waals surface area (Å²) in [6.45, 7) is 10.9. The molecule has 0 aliphatic heterocycles. The second-order valence-electron chi connectivity index (χ2n) is 7.98. The number of ether oxygens (including phenoxy) is 2. The Balaban J connectivity index is 2.34. The van der Waals surface area contributed by atoms with E-state index in [4.69, 9.17) is 9.47 Å². The van der Waals surface area contributed by atoms with Crippen molar-refractivity contribution in [2.24, 2.45) is 0 Å². The highest BCUT2D eigenvalue weighted by atomic mass is 16.6. The van der Waals surface area contributed by atoms with Crippen molar-refractivity contribution in [1.82, 2.24) is 16.2 Å². The lowest BCUT2D eigenvalue weighted by Gasteiger charge is -2.31. The fourth-order valence-corrected chi connectivity index (χ4v) is 2.39. The van der Waals surface area contributed by atoms with Gasteiger partial charge in [0.15, 0.2) is 0 Å². The number of alkyl carbamates (subject to hydrolysis) is 1. The van der Waals surface area contributed by atoms with Crippen LogP contribution < -0.4 is 16.2 Å². The average Bonchev–Trinajstić information content (AvgIpc) is 2.32. The van der Waals surface area contributed by atoms with Crippen molar-refractivity contribution in [3.05, 3.63) is 0 Å². The van der Waals surface area contributed by atoms with Gasteiger partial charge in [-0.2, -0.15) is 0 Å². The molecular formula is C16H31N3O4. The molecule has 1 saturated carbocycles. The maximum atomic E-state index is 11.8. The van der Waals surface area contributed by atoms with Gasteiger partial charge in [0.05, 0.1) is 0 Å². The van der Waals surface area contributed by atoms with Gasteiger partial charge in [0.25, 0.3) is 0 Å². The van der Waals surface area contributed by atoms with Crippen LogP contribution >= 0.6 is 0 Å². The van der Waals surface area contributed by atoms with Crippen molar-refractivity contribution in [2.45, 2.75) is 90.5 Å². The average molecular weight is 329 g/mol. The lowest BCUT2D eigenvalue weighted by Crippen LogP contribution is -2.51. The van der Waals surface area contributed by atoms with Crippen LogP contribution in [-0.2, 0) is 9.47 Å². The normalized spacial score (nSPS) is 22.2. The summed E-state index contributed by atoms with van der Waals surface area (Å²) in [5.41, 5.74) is 4.51. The molecule has 7 nitrogen and oxygen atoms in total. The van der Waals surface area contributed by atoms with E-state index in [1.165, 1.54) is 0 Å². The molecule has 0 radical (unpaired) electrons. The van der Waals surface area contributed by atoms with Crippen LogP contribution in [0.1, 0.15) is 67.2 Å². The summed E-state index contributed by atoms with van der Waals surface area (Å²) in [6.07, 6.45) is 2.64. The molecule has 3 N–H and O–H groups in total. The zero-order valence-corrected chi connectivity index (χ0v) is 15.1. The third-order valence-electron chi connectivity index (χ3n) is 3.17. The summed E-state index contributed by atoms with van der Waals surface area (Å²) >= 11 is 0. The van der Waals surface area contributed by atoms with Crippen molar-refractivity contribution < 1.29 is 19.1 Å². The highest BCUT2D eigenvalue weighted by Crippen LogP contribution is 2.19. The van der Waals surface area contributed by atoms with Gasteiger partial charge in [0.2, 0.25) is 0 Å². The smallest absolute Gasteiger partial charge is 0.422 e. The number of rotatable bonds is 3. The molecule has 0 spiro atoms. The molecule has 0 saturated heterocycles. The Morgan fingerprint density at radius 2 is 1.39 bits per heavy atom. The molecule has 23 heavy (non-hydrogen) atoms. The van der Waals surface area contributed by atoms with E-state index in [-0.39, 0.29) is 12.1 Å². The minimum atomic E-state index is -0.529. The first-order valence-electron chi connectivity index (χ1n) is 8.19. The lowest BCUT2D eigenvalue weighted by molar-refractivity contribution is 0.0446. The summed E-state index contributed by atoms with van der Waals surface area (Å²) in [5.74, 6) is 0. The number of carbonyl (C=O) groups excluding carboxylic acids is 2. The SMILES string of the molecule is CC(C)(C)OC(=O)NNC1CCC[C@@H](NC(=O)OC(C)(C)C)C1. The van der Waals surface area contributed by atoms with Crippen LogP contribution in [0.25, 0.3) is 0 Å². The van der Waals surface area contributed by atoms with Crippen LogP contribution in [0.2, 0.25) is 0 Å². The molecule has 0 heterocycles. The second kappa shape index (κ2) is 7.86. The van der Waals surface area contributed by atoms with Gasteiger partial charge in [-0.05, 0) is 67.2 Å². The van der Waals surface area contributed by atoms with Gasteiger partial charge in [-0.3, -0.25) is 5.43 Å². The third kappa shape index (κ3) is 9.28. The molecule has 0 bridgehead atoms. The molecule has 0 aromatic heterocycles. The van der Waals surface area contributed by atoms with Gasteiger partial charge in [-0.1, -0.05) is 0 Å². The highest BCUT2D eigenvalue weighted by molar-refractivity contribution is 5.68. The van der Waals surface area contributed by atoms with E-state index in [0.717, 1.165) is 25.7 Å². The first kappa shape index (κ1) is 19.5. The summed E-state index contributed by atoms with van der Waals surface area (Å²) in [7, 11) is 0. The van der Waals surface area contributed by atoms with E-state index in [1.54, 1.807) is 0 Å². The van der Waals surface area contributed by atoms with E-state index in [1.807, 2.05) is 41.5 Å². The maximum absolute atomic E-state index is 11.8. The molecule has 0 aromatic rings. The quantitative estimate of drug-likeness (QED) is 0.693. The number of hydrazine groups is 1. The van der Waals surface area contributed by atoms with Crippen molar-refractivity contribution in [2.75, 3.05) is 0 Å². The Labute approximate surface area is 138 Å². The third-order valence-corrected chi connectivity index (χ3v) is 3.17. The number of hydrogen-bond donors (Lipinski definition) is 3. The topological polar surface area (TPSA) is 88.7 Å². The molecule has 1 unspecified atom stereocenters. The van der Waals surface area contributed by atoms with Crippen LogP contribution in [0.15, 0.2) is 0 Å². The second-order valence-corrected chi connectivity index (χ2v) is 7.98. The fourth-order valence-electron chi connectivity index (χ4n) is 2.39.